The molecule has 0 aliphatic heterocycles. The number of hydrogen-bond donors (Lipinski definition) is 0. The molecule has 0 bridgehead atoms. The molecule has 0 unspecified atom stereocenters. The van der Waals surface area contributed by atoms with Crippen molar-refractivity contribution >= 4 is 33.2 Å². The summed E-state index contributed by atoms with van der Waals surface area (Å²) in [6.45, 7) is 2.63. The lowest BCUT2D eigenvalue weighted by Gasteiger charge is -2.16. The van der Waals surface area contributed by atoms with Crippen molar-refractivity contribution in [3.8, 4) is 0 Å². The van der Waals surface area contributed by atoms with Crippen LogP contribution in [0.2, 0.25) is 0 Å². The number of halogens is 1. The van der Waals surface area contributed by atoms with E-state index in [1.807, 2.05) is 50.4 Å². The second-order valence-corrected chi connectivity index (χ2v) is 6.58. The van der Waals surface area contributed by atoms with Gasteiger partial charge in [-0.25, -0.2) is 0 Å². The molecule has 2 rings (SSSR count). The maximum absolute atomic E-state index is 12.2. The molecule has 1 aromatic heterocycles. The molecule has 94 valence electrons. The van der Waals surface area contributed by atoms with E-state index in [4.69, 9.17) is 0 Å². The molecule has 1 heterocycles. The summed E-state index contributed by atoms with van der Waals surface area (Å²) in [5.74, 6) is 0.0673. The fourth-order valence-corrected chi connectivity index (χ4v) is 3.21. The molecular formula is C14H14BrNOS. The smallest absolute Gasteiger partial charge is 0.264 e. The lowest BCUT2D eigenvalue weighted by molar-refractivity contribution is 0.0790. The van der Waals surface area contributed by atoms with E-state index < -0.39 is 0 Å². The van der Waals surface area contributed by atoms with Gasteiger partial charge in [0.25, 0.3) is 5.91 Å². The molecule has 0 saturated carbocycles. The highest BCUT2D eigenvalue weighted by Gasteiger charge is 2.15. The van der Waals surface area contributed by atoms with Gasteiger partial charge >= 0.3 is 0 Å². The molecule has 18 heavy (non-hydrogen) atoms. The first kappa shape index (κ1) is 13.3. The Kier molecular flexibility index (Phi) is 4.19. The normalized spacial score (nSPS) is 10.4. The SMILES string of the molecule is Cc1cc(C(=O)N(C)Cc2ccccc2)sc1Br. The van der Waals surface area contributed by atoms with Gasteiger partial charge in [-0.3, -0.25) is 4.79 Å². The molecule has 2 nitrogen and oxygen atoms in total. The zero-order chi connectivity index (χ0) is 13.1. The van der Waals surface area contributed by atoms with Crippen LogP contribution in [0.25, 0.3) is 0 Å². The maximum atomic E-state index is 12.2. The van der Waals surface area contributed by atoms with Crippen molar-refractivity contribution in [3.05, 3.63) is 56.2 Å². The Bertz CT molecular complexity index is 531. The minimum atomic E-state index is 0.0673. The van der Waals surface area contributed by atoms with E-state index in [2.05, 4.69) is 15.9 Å². The summed E-state index contributed by atoms with van der Waals surface area (Å²) in [6.07, 6.45) is 0. The molecule has 1 aromatic carbocycles. The van der Waals surface area contributed by atoms with Gasteiger partial charge < -0.3 is 4.90 Å². The van der Waals surface area contributed by atoms with Crippen molar-refractivity contribution < 1.29 is 4.79 Å². The zero-order valence-electron chi connectivity index (χ0n) is 10.3. The number of benzene rings is 1. The molecule has 0 aliphatic rings. The van der Waals surface area contributed by atoms with Crippen molar-refractivity contribution in [2.45, 2.75) is 13.5 Å². The second-order valence-electron chi connectivity index (χ2n) is 4.21. The number of carbonyl (C=O) groups is 1. The van der Waals surface area contributed by atoms with Gasteiger partial charge in [0.15, 0.2) is 0 Å². The number of nitrogens with zero attached hydrogens (tertiary/aromatic N) is 1. The highest BCUT2D eigenvalue weighted by molar-refractivity contribution is 9.11. The predicted octanol–water partition coefficient (Wildman–Crippen LogP) is 4.09. The van der Waals surface area contributed by atoms with Crippen LogP contribution in [-0.4, -0.2) is 17.9 Å². The largest absolute Gasteiger partial charge is 0.337 e. The fourth-order valence-electron chi connectivity index (χ4n) is 1.68. The minimum absolute atomic E-state index is 0.0673. The van der Waals surface area contributed by atoms with Crippen molar-refractivity contribution in [1.29, 1.82) is 0 Å². The topological polar surface area (TPSA) is 20.3 Å². The summed E-state index contributed by atoms with van der Waals surface area (Å²) < 4.78 is 1.03. The van der Waals surface area contributed by atoms with Gasteiger partial charge in [-0.1, -0.05) is 30.3 Å². The van der Waals surface area contributed by atoms with Gasteiger partial charge in [-0.2, -0.15) is 0 Å². The monoisotopic (exact) mass is 323 g/mol. The van der Waals surface area contributed by atoms with Gasteiger partial charge in [0.2, 0.25) is 0 Å². The Labute approximate surface area is 119 Å². The second kappa shape index (κ2) is 5.67. The van der Waals surface area contributed by atoms with Gasteiger partial charge in [-0.05, 0) is 40.0 Å². The van der Waals surface area contributed by atoms with Gasteiger partial charge in [0.05, 0.1) is 8.66 Å². The molecule has 4 heteroatoms. The number of aryl methyl sites for hydroxylation is 1. The van der Waals surface area contributed by atoms with E-state index in [0.29, 0.717) is 6.54 Å². The third-order valence-corrected chi connectivity index (χ3v) is 4.80. The Hall–Kier alpha value is -1.13. The predicted molar refractivity (Wildman–Crippen MR) is 79.0 cm³/mol. The molecule has 0 aliphatic carbocycles. The van der Waals surface area contributed by atoms with E-state index in [9.17, 15) is 4.79 Å². The Morgan fingerprint density at radius 2 is 2.00 bits per heavy atom. The van der Waals surface area contributed by atoms with Crippen LogP contribution in [0.4, 0.5) is 0 Å². The molecule has 0 spiro atoms. The summed E-state index contributed by atoms with van der Waals surface area (Å²) in [4.78, 5) is 14.7. The number of rotatable bonds is 3. The summed E-state index contributed by atoms with van der Waals surface area (Å²) in [5.41, 5.74) is 2.25. The third kappa shape index (κ3) is 3.00. The highest BCUT2D eigenvalue weighted by atomic mass is 79.9. The maximum Gasteiger partial charge on any atom is 0.264 e. The average molecular weight is 324 g/mol. The van der Waals surface area contributed by atoms with E-state index in [1.165, 1.54) is 11.3 Å². The first-order valence-corrected chi connectivity index (χ1v) is 7.24. The molecule has 0 fully saturated rings. The van der Waals surface area contributed by atoms with Crippen LogP contribution >= 0.6 is 27.3 Å². The summed E-state index contributed by atoms with van der Waals surface area (Å²) >= 11 is 4.93. The standard InChI is InChI=1S/C14H14BrNOS/c1-10-8-12(18-13(10)15)14(17)16(2)9-11-6-4-3-5-7-11/h3-8H,9H2,1-2H3. The number of amides is 1. The summed E-state index contributed by atoms with van der Waals surface area (Å²) in [7, 11) is 1.83. The Balaban J connectivity index is 2.09. The highest BCUT2D eigenvalue weighted by Crippen LogP contribution is 2.28. The van der Waals surface area contributed by atoms with Crippen molar-refractivity contribution in [2.75, 3.05) is 7.05 Å². The van der Waals surface area contributed by atoms with Crippen LogP contribution in [-0.2, 0) is 6.54 Å². The van der Waals surface area contributed by atoms with Crippen molar-refractivity contribution in [3.63, 3.8) is 0 Å². The van der Waals surface area contributed by atoms with E-state index in [0.717, 1.165) is 19.8 Å². The first-order chi connectivity index (χ1) is 8.58. The van der Waals surface area contributed by atoms with Crippen molar-refractivity contribution in [2.24, 2.45) is 0 Å². The van der Waals surface area contributed by atoms with Crippen LogP contribution in [0.15, 0.2) is 40.2 Å². The Morgan fingerprint density at radius 1 is 1.33 bits per heavy atom. The minimum Gasteiger partial charge on any atom is -0.337 e. The van der Waals surface area contributed by atoms with Crippen molar-refractivity contribution in [1.82, 2.24) is 4.90 Å². The number of hydrogen-bond acceptors (Lipinski definition) is 2. The van der Waals surface area contributed by atoms with E-state index >= 15 is 0 Å². The summed E-state index contributed by atoms with van der Waals surface area (Å²) in [6, 6.07) is 11.9. The van der Waals surface area contributed by atoms with Crippen LogP contribution in [0.1, 0.15) is 20.8 Å². The van der Waals surface area contributed by atoms with Crippen LogP contribution in [0.5, 0.6) is 0 Å². The lowest BCUT2D eigenvalue weighted by Crippen LogP contribution is -2.25. The number of carbonyl (C=O) groups excluding carboxylic acids is 1. The van der Waals surface area contributed by atoms with Crippen LogP contribution in [0.3, 0.4) is 0 Å². The molecule has 1 amide bonds. The first-order valence-electron chi connectivity index (χ1n) is 5.63. The molecule has 0 N–H and O–H groups in total. The third-order valence-electron chi connectivity index (χ3n) is 2.68. The number of thiophene rings is 1. The molecule has 0 saturated heterocycles. The van der Waals surface area contributed by atoms with E-state index in [-0.39, 0.29) is 5.91 Å². The molecule has 2 aromatic rings. The van der Waals surface area contributed by atoms with Gasteiger partial charge in [0.1, 0.15) is 0 Å². The van der Waals surface area contributed by atoms with Gasteiger partial charge in [0, 0.05) is 13.6 Å². The molecule has 0 radical (unpaired) electrons. The quantitative estimate of drug-likeness (QED) is 0.833. The van der Waals surface area contributed by atoms with Gasteiger partial charge in [-0.15, -0.1) is 11.3 Å². The lowest BCUT2D eigenvalue weighted by atomic mass is 10.2. The molecular weight excluding hydrogens is 310 g/mol. The van der Waals surface area contributed by atoms with Crippen LogP contribution in [0, 0.1) is 6.92 Å². The Morgan fingerprint density at radius 3 is 2.56 bits per heavy atom. The van der Waals surface area contributed by atoms with Crippen LogP contribution < -0.4 is 0 Å². The van der Waals surface area contributed by atoms with E-state index in [1.54, 1.807) is 4.90 Å². The average Bonchev–Trinajstić information content (AvgIpc) is 2.70. The zero-order valence-corrected chi connectivity index (χ0v) is 12.7. The fraction of sp³-hybridized carbons (Fsp3) is 0.214. The summed E-state index contributed by atoms with van der Waals surface area (Å²) in [5, 5.41) is 0. The molecule has 0 atom stereocenters.